The molecule has 1 heteroatoms. The molecule has 0 radical (unpaired) electrons. The van der Waals surface area contributed by atoms with Gasteiger partial charge in [0.05, 0.1) is 0 Å². The van der Waals surface area contributed by atoms with Crippen molar-refractivity contribution < 1.29 is 0 Å². The van der Waals surface area contributed by atoms with Crippen molar-refractivity contribution in [2.75, 3.05) is 18.0 Å². The summed E-state index contributed by atoms with van der Waals surface area (Å²) in [5.41, 5.74) is 3.75. The van der Waals surface area contributed by atoms with Crippen LogP contribution < -0.4 is 4.90 Å². The van der Waals surface area contributed by atoms with Crippen LogP contribution in [0.1, 0.15) is 38.7 Å². The Hall–Kier alpha value is -1.24. The van der Waals surface area contributed by atoms with E-state index in [-0.39, 0.29) is 0 Å². The molecular weight excluding hydrogens is 206 g/mol. The third kappa shape index (κ3) is 3.12. The minimum absolute atomic E-state index is 0.884. The second kappa shape index (κ2) is 5.39. The van der Waals surface area contributed by atoms with Crippen LogP contribution in [-0.2, 0) is 0 Å². The summed E-state index contributed by atoms with van der Waals surface area (Å²) in [6.45, 7) is 10.8. The van der Waals surface area contributed by atoms with E-state index in [0.29, 0.717) is 0 Å². The Kier molecular flexibility index (Phi) is 3.88. The zero-order valence-electron chi connectivity index (χ0n) is 11.1. The molecule has 1 nitrogen and oxygen atoms in total. The molecule has 0 amide bonds. The van der Waals surface area contributed by atoms with Crippen molar-refractivity contribution in [3.63, 3.8) is 0 Å². The van der Waals surface area contributed by atoms with Crippen molar-refractivity contribution in [1.29, 1.82) is 0 Å². The average Bonchev–Trinajstić information content (AvgIpc) is 2.54. The Bertz CT molecular complexity index is 377. The predicted molar refractivity (Wildman–Crippen MR) is 76.4 cm³/mol. The quantitative estimate of drug-likeness (QED) is 0.729. The highest BCUT2D eigenvalue weighted by atomic mass is 15.1. The van der Waals surface area contributed by atoms with E-state index in [4.69, 9.17) is 0 Å². The van der Waals surface area contributed by atoms with Crippen LogP contribution in [0.3, 0.4) is 0 Å². The SMILES string of the molecule is C=C(C)c1ccc(N2CCCC(C)CC2)cc1. The summed E-state index contributed by atoms with van der Waals surface area (Å²) in [7, 11) is 0. The number of hydrogen-bond acceptors (Lipinski definition) is 1. The van der Waals surface area contributed by atoms with Crippen LogP contribution in [-0.4, -0.2) is 13.1 Å². The molecule has 1 heterocycles. The van der Waals surface area contributed by atoms with Crippen molar-refractivity contribution in [2.24, 2.45) is 5.92 Å². The number of nitrogens with zero attached hydrogens (tertiary/aromatic N) is 1. The van der Waals surface area contributed by atoms with Gasteiger partial charge in [0.15, 0.2) is 0 Å². The Morgan fingerprint density at radius 1 is 1.18 bits per heavy atom. The molecule has 0 aromatic heterocycles. The summed E-state index contributed by atoms with van der Waals surface area (Å²) < 4.78 is 0. The molecule has 0 spiro atoms. The van der Waals surface area contributed by atoms with Crippen LogP contribution in [0.15, 0.2) is 30.8 Å². The molecule has 1 aromatic carbocycles. The third-order valence-electron chi connectivity index (χ3n) is 3.74. The minimum atomic E-state index is 0.884. The van der Waals surface area contributed by atoms with E-state index in [1.807, 2.05) is 0 Å². The highest BCUT2D eigenvalue weighted by Gasteiger charge is 2.13. The highest BCUT2D eigenvalue weighted by molar-refractivity contribution is 5.64. The normalized spacial score (nSPS) is 21.1. The maximum absolute atomic E-state index is 3.98. The van der Waals surface area contributed by atoms with Crippen molar-refractivity contribution in [3.05, 3.63) is 36.4 Å². The lowest BCUT2D eigenvalue weighted by Gasteiger charge is -2.23. The first-order valence-electron chi connectivity index (χ1n) is 6.67. The first-order chi connectivity index (χ1) is 8.16. The van der Waals surface area contributed by atoms with Crippen LogP contribution in [0.4, 0.5) is 5.69 Å². The van der Waals surface area contributed by atoms with Crippen molar-refractivity contribution in [2.45, 2.75) is 33.1 Å². The summed E-state index contributed by atoms with van der Waals surface area (Å²) in [6.07, 6.45) is 4.02. The summed E-state index contributed by atoms with van der Waals surface area (Å²) in [6, 6.07) is 8.85. The molecule has 92 valence electrons. The van der Waals surface area contributed by atoms with E-state index in [1.54, 1.807) is 0 Å². The maximum Gasteiger partial charge on any atom is 0.0366 e. The number of benzene rings is 1. The van der Waals surface area contributed by atoms with Crippen LogP contribution >= 0.6 is 0 Å². The van der Waals surface area contributed by atoms with Crippen molar-refractivity contribution in [1.82, 2.24) is 0 Å². The van der Waals surface area contributed by atoms with E-state index in [1.165, 1.54) is 43.6 Å². The highest BCUT2D eigenvalue weighted by Crippen LogP contribution is 2.23. The Morgan fingerprint density at radius 3 is 2.53 bits per heavy atom. The van der Waals surface area contributed by atoms with Gasteiger partial charge in [0.25, 0.3) is 0 Å². The predicted octanol–water partition coefficient (Wildman–Crippen LogP) is 4.35. The molecule has 1 unspecified atom stereocenters. The molecule has 1 fully saturated rings. The number of allylic oxidation sites excluding steroid dienone is 1. The Balaban J connectivity index is 2.08. The second-order valence-electron chi connectivity index (χ2n) is 5.35. The van der Waals surface area contributed by atoms with E-state index in [0.717, 1.165) is 11.5 Å². The largest absolute Gasteiger partial charge is 0.372 e. The Labute approximate surface area is 105 Å². The lowest BCUT2D eigenvalue weighted by Crippen LogP contribution is -2.23. The lowest BCUT2D eigenvalue weighted by molar-refractivity contribution is 0.521. The zero-order chi connectivity index (χ0) is 12.3. The fourth-order valence-corrected chi connectivity index (χ4v) is 2.48. The summed E-state index contributed by atoms with van der Waals surface area (Å²) in [5, 5.41) is 0. The molecular formula is C16H23N. The molecule has 0 saturated carbocycles. The standard InChI is InChI=1S/C16H23N/c1-13(2)15-6-8-16(9-7-15)17-11-4-5-14(3)10-12-17/h6-9,14H,1,4-5,10-12H2,2-3H3. The maximum atomic E-state index is 3.98. The van der Waals surface area contributed by atoms with Gasteiger partial charge in [-0.05, 0) is 49.8 Å². The number of rotatable bonds is 2. The molecule has 2 rings (SSSR count). The lowest BCUT2D eigenvalue weighted by atomic mass is 10.0. The molecule has 0 aliphatic carbocycles. The van der Waals surface area contributed by atoms with Crippen molar-refractivity contribution in [3.8, 4) is 0 Å². The second-order valence-corrected chi connectivity index (χ2v) is 5.35. The van der Waals surface area contributed by atoms with Gasteiger partial charge in [0.1, 0.15) is 0 Å². The van der Waals surface area contributed by atoms with Gasteiger partial charge in [-0.1, -0.05) is 31.2 Å². The van der Waals surface area contributed by atoms with Gasteiger partial charge in [-0.3, -0.25) is 0 Å². The van der Waals surface area contributed by atoms with Crippen LogP contribution in [0.2, 0.25) is 0 Å². The fraction of sp³-hybridized carbons (Fsp3) is 0.500. The molecule has 17 heavy (non-hydrogen) atoms. The zero-order valence-corrected chi connectivity index (χ0v) is 11.1. The van der Waals surface area contributed by atoms with E-state index < -0.39 is 0 Å². The van der Waals surface area contributed by atoms with Crippen LogP contribution in [0.25, 0.3) is 5.57 Å². The van der Waals surface area contributed by atoms with E-state index in [2.05, 4.69) is 49.6 Å². The molecule has 0 bridgehead atoms. The molecule has 1 aliphatic rings. The first kappa shape index (κ1) is 12.2. The van der Waals surface area contributed by atoms with Gasteiger partial charge in [-0.2, -0.15) is 0 Å². The topological polar surface area (TPSA) is 3.24 Å². The van der Waals surface area contributed by atoms with Gasteiger partial charge in [-0.25, -0.2) is 0 Å². The van der Waals surface area contributed by atoms with E-state index >= 15 is 0 Å². The van der Waals surface area contributed by atoms with Gasteiger partial charge in [-0.15, -0.1) is 0 Å². The minimum Gasteiger partial charge on any atom is -0.372 e. The summed E-state index contributed by atoms with van der Waals surface area (Å²) in [4.78, 5) is 2.52. The van der Waals surface area contributed by atoms with E-state index in [9.17, 15) is 0 Å². The van der Waals surface area contributed by atoms with Crippen molar-refractivity contribution >= 4 is 11.3 Å². The number of anilines is 1. The molecule has 1 aromatic rings. The van der Waals surface area contributed by atoms with Crippen LogP contribution in [0.5, 0.6) is 0 Å². The average molecular weight is 229 g/mol. The third-order valence-corrected chi connectivity index (χ3v) is 3.74. The van der Waals surface area contributed by atoms with Gasteiger partial charge >= 0.3 is 0 Å². The fourth-order valence-electron chi connectivity index (χ4n) is 2.48. The summed E-state index contributed by atoms with van der Waals surface area (Å²) >= 11 is 0. The Morgan fingerprint density at radius 2 is 1.88 bits per heavy atom. The number of hydrogen-bond donors (Lipinski definition) is 0. The van der Waals surface area contributed by atoms with Gasteiger partial charge in [0.2, 0.25) is 0 Å². The van der Waals surface area contributed by atoms with Gasteiger partial charge < -0.3 is 4.90 Å². The molecule has 1 saturated heterocycles. The van der Waals surface area contributed by atoms with Gasteiger partial charge in [0, 0.05) is 18.8 Å². The monoisotopic (exact) mass is 229 g/mol. The molecule has 1 aliphatic heterocycles. The molecule has 1 atom stereocenters. The van der Waals surface area contributed by atoms with Crippen LogP contribution in [0, 0.1) is 5.92 Å². The first-order valence-corrected chi connectivity index (χ1v) is 6.67. The summed E-state index contributed by atoms with van der Waals surface area (Å²) in [5.74, 6) is 0.884. The molecule has 0 N–H and O–H groups in total. The smallest absolute Gasteiger partial charge is 0.0366 e.